The first-order valence-electron chi connectivity index (χ1n) is 12.8. The Morgan fingerprint density at radius 1 is 0.853 bits per heavy atom. The highest BCUT2D eigenvalue weighted by Crippen LogP contribution is 2.23. The first-order valence-corrected chi connectivity index (χ1v) is 12.8. The van der Waals surface area contributed by atoms with Crippen molar-refractivity contribution in [1.82, 2.24) is 15.1 Å². The first-order chi connectivity index (χ1) is 16.6. The van der Waals surface area contributed by atoms with E-state index >= 15 is 0 Å². The predicted octanol–water partition coefficient (Wildman–Crippen LogP) is 4.38. The quantitative estimate of drug-likeness (QED) is 0.572. The average molecular weight is 463 g/mol. The average Bonchev–Trinajstić information content (AvgIpc) is 2.88. The number of piperidine rings is 2. The van der Waals surface area contributed by atoms with Crippen molar-refractivity contribution in [3.05, 3.63) is 54.1 Å². The van der Waals surface area contributed by atoms with Gasteiger partial charge in [0.25, 0.3) is 5.91 Å². The Balaban J connectivity index is 1.16. The number of benzene rings is 2. The molecule has 2 aliphatic heterocycles. The van der Waals surface area contributed by atoms with Gasteiger partial charge in [0.05, 0.1) is 0 Å². The van der Waals surface area contributed by atoms with Gasteiger partial charge in [-0.15, -0.1) is 0 Å². The zero-order valence-corrected chi connectivity index (χ0v) is 20.4. The van der Waals surface area contributed by atoms with E-state index < -0.39 is 0 Å². The minimum Gasteiger partial charge on any atom is -0.352 e. The predicted molar refractivity (Wildman–Crippen MR) is 138 cm³/mol. The third-order valence-electron chi connectivity index (χ3n) is 7.09. The van der Waals surface area contributed by atoms with Gasteiger partial charge in [-0.2, -0.15) is 0 Å². The number of hydrogen-bond acceptors (Lipinski definition) is 4. The second-order valence-electron chi connectivity index (χ2n) is 9.61. The van der Waals surface area contributed by atoms with Crippen molar-refractivity contribution in [2.45, 2.75) is 51.5 Å². The van der Waals surface area contributed by atoms with Gasteiger partial charge in [0.15, 0.2) is 0 Å². The summed E-state index contributed by atoms with van der Waals surface area (Å²) in [4.78, 5) is 29.0. The fourth-order valence-corrected chi connectivity index (χ4v) is 5.16. The van der Waals surface area contributed by atoms with Gasteiger partial charge in [0, 0.05) is 30.8 Å². The summed E-state index contributed by atoms with van der Waals surface area (Å²) < 4.78 is 0. The molecule has 0 atom stereocenters. The van der Waals surface area contributed by atoms with Gasteiger partial charge in [-0.3, -0.25) is 9.59 Å². The maximum absolute atomic E-state index is 12.5. The largest absolute Gasteiger partial charge is 0.352 e. The summed E-state index contributed by atoms with van der Waals surface area (Å²) in [5.41, 5.74) is 3.54. The van der Waals surface area contributed by atoms with Gasteiger partial charge < -0.3 is 20.4 Å². The van der Waals surface area contributed by atoms with Crippen LogP contribution in [0, 0.1) is 0 Å². The van der Waals surface area contributed by atoms with Crippen LogP contribution in [0.4, 0.5) is 5.69 Å². The summed E-state index contributed by atoms with van der Waals surface area (Å²) in [6, 6.07) is 16.2. The molecule has 2 N–H and O–H groups in total. The van der Waals surface area contributed by atoms with E-state index in [1.54, 1.807) is 0 Å². The monoisotopic (exact) mass is 462 g/mol. The lowest BCUT2D eigenvalue weighted by atomic mass is 10.00. The molecule has 0 bridgehead atoms. The number of nitrogens with zero attached hydrogens (tertiary/aromatic N) is 2. The lowest BCUT2D eigenvalue weighted by molar-refractivity contribution is -0.114. The van der Waals surface area contributed by atoms with Crippen LogP contribution in [-0.4, -0.2) is 66.9 Å². The SMILES string of the molecule is CC(=O)Nc1ccc(-c2ccc(C(=O)NCCCN3CCC(N4CCCCC4)CC3)cc2)cc1. The number of amides is 2. The van der Waals surface area contributed by atoms with Crippen LogP contribution in [0.1, 0.15) is 55.8 Å². The summed E-state index contributed by atoms with van der Waals surface area (Å²) in [7, 11) is 0. The van der Waals surface area contributed by atoms with Crippen LogP contribution in [0.3, 0.4) is 0 Å². The summed E-state index contributed by atoms with van der Waals surface area (Å²) >= 11 is 0. The number of carbonyl (C=O) groups excluding carboxylic acids is 2. The Morgan fingerprint density at radius 2 is 1.47 bits per heavy atom. The van der Waals surface area contributed by atoms with E-state index in [-0.39, 0.29) is 11.8 Å². The van der Waals surface area contributed by atoms with Gasteiger partial charge >= 0.3 is 0 Å². The Labute approximate surface area is 203 Å². The minimum absolute atomic E-state index is 0.0173. The molecule has 4 rings (SSSR count). The number of carbonyl (C=O) groups is 2. The molecule has 6 heteroatoms. The lowest BCUT2D eigenvalue weighted by Crippen LogP contribution is -2.47. The van der Waals surface area contributed by atoms with Crippen molar-refractivity contribution >= 4 is 17.5 Å². The van der Waals surface area contributed by atoms with Crippen LogP contribution in [0.2, 0.25) is 0 Å². The van der Waals surface area contributed by atoms with Crippen LogP contribution >= 0.6 is 0 Å². The van der Waals surface area contributed by atoms with E-state index in [1.807, 2.05) is 48.5 Å². The van der Waals surface area contributed by atoms with E-state index in [0.717, 1.165) is 35.8 Å². The van der Waals surface area contributed by atoms with E-state index in [4.69, 9.17) is 0 Å². The van der Waals surface area contributed by atoms with Gasteiger partial charge in [0.2, 0.25) is 5.91 Å². The number of nitrogens with one attached hydrogen (secondary N) is 2. The zero-order valence-electron chi connectivity index (χ0n) is 20.4. The van der Waals surface area contributed by atoms with Crippen molar-refractivity contribution in [2.24, 2.45) is 0 Å². The molecule has 0 saturated carbocycles. The Hall–Kier alpha value is -2.70. The standard InChI is InChI=1S/C28H38N4O2/c1-22(33)30-26-12-10-24(11-13-26)23-6-8-25(9-7-23)28(34)29-16-5-17-31-20-14-27(15-21-31)32-18-3-2-4-19-32/h6-13,27H,2-5,14-21H2,1H3,(H,29,34)(H,30,33). The van der Waals surface area contributed by atoms with Crippen molar-refractivity contribution in [3.8, 4) is 11.1 Å². The molecule has 0 radical (unpaired) electrons. The molecule has 2 saturated heterocycles. The molecule has 0 spiro atoms. The second-order valence-corrected chi connectivity index (χ2v) is 9.61. The summed E-state index contributed by atoms with van der Waals surface area (Å²) in [5, 5.41) is 5.84. The third-order valence-corrected chi connectivity index (χ3v) is 7.09. The molecule has 2 heterocycles. The van der Waals surface area contributed by atoms with E-state index in [0.29, 0.717) is 12.1 Å². The van der Waals surface area contributed by atoms with Crippen molar-refractivity contribution < 1.29 is 9.59 Å². The molecular weight excluding hydrogens is 424 g/mol. The Bertz CT molecular complexity index is 928. The fourth-order valence-electron chi connectivity index (χ4n) is 5.16. The molecular formula is C28H38N4O2. The van der Waals surface area contributed by atoms with Crippen molar-refractivity contribution in [1.29, 1.82) is 0 Å². The molecule has 2 fully saturated rings. The fraction of sp³-hybridized carbons (Fsp3) is 0.500. The maximum Gasteiger partial charge on any atom is 0.251 e. The second kappa shape index (κ2) is 12.1. The molecule has 2 aromatic carbocycles. The van der Waals surface area contributed by atoms with Crippen molar-refractivity contribution in [3.63, 3.8) is 0 Å². The summed E-state index contributed by atoms with van der Waals surface area (Å²) in [6.45, 7) is 8.21. The molecule has 0 aromatic heterocycles. The lowest BCUT2D eigenvalue weighted by Gasteiger charge is -2.40. The van der Waals surface area contributed by atoms with E-state index in [1.165, 1.54) is 65.2 Å². The van der Waals surface area contributed by atoms with Crippen LogP contribution in [0.5, 0.6) is 0 Å². The van der Waals surface area contributed by atoms with Gasteiger partial charge in [-0.05, 0) is 100 Å². The van der Waals surface area contributed by atoms with Crippen LogP contribution in [0.15, 0.2) is 48.5 Å². The summed E-state index contributed by atoms with van der Waals surface area (Å²) in [6.07, 6.45) is 7.70. The molecule has 182 valence electrons. The minimum atomic E-state index is -0.0828. The normalized spacial score (nSPS) is 17.9. The van der Waals surface area contributed by atoms with Crippen molar-refractivity contribution in [2.75, 3.05) is 44.6 Å². The van der Waals surface area contributed by atoms with E-state index in [2.05, 4.69) is 20.4 Å². The van der Waals surface area contributed by atoms with Crippen LogP contribution in [-0.2, 0) is 4.79 Å². The molecule has 2 aliphatic rings. The number of likely N-dealkylation sites (tertiary alicyclic amines) is 2. The van der Waals surface area contributed by atoms with Crippen LogP contribution in [0.25, 0.3) is 11.1 Å². The number of anilines is 1. The molecule has 2 aromatic rings. The topological polar surface area (TPSA) is 64.7 Å². The molecule has 6 nitrogen and oxygen atoms in total. The molecule has 2 amide bonds. The molecule has 34 heavy (non-hydrogen) atoms. The van der Waals surface area contributed by atoms with E-state index in [9.17, 15) is 9.59 Å². The Kier molecular flexibility index (Phi) is 8.72. The highest BCUT2D eigenvalue weighted by molar-refractivity contribution is 5.94. The van der Waals surface area contributed by atoms with Crippen LogP contribution < -0.4 is 10.6 Å². The Morgan fingerprint density at radius 3 is 2.09 bits per heavy atom. The first kappa shape index (κ1) is 24.4. The highest BCUT2D eigenvalue weighted by atomic mass is 16.2. The maximum atomic E-state index is 12.5. The smallest absolute Gasteiger partial charge is 0.251 e. The molecule has 0 aliphatic carbocycles. The van der Waals surface area contributed by atoms with Gasteiger partial charge in [0.1, 0.15) is 0 Å². The molecule has 0 unspecified atom stereocenters. The zero-order chi connectivity index (χ0) is 23.8. The highest BCUT2D eigenvalue weighted by Gasteiger charge is 2.25. The summed E-state index contributed by atoms with van der Waals surface area (Å²) in [5.74, 6) is -0.100. The van der Waals surface area contributed by atoms with Gasteiger partial charge in [-0.25, -0.2) is 0 Å². The third kappa shape index (κ3) is 6.90. The number of hydrogen-bond donors (Lipinski definition) is 2. The van der Waals surface area contributed by atoms with Gasteiger partial charge in [-0.1, -0.05) is 30.7 Å². The number of rotatable bonds is 8.